The number of aromatic nitrogens is 2. The molecule has 0 saturated carbocycles. The summed E-state index contributed by atoms with van der Waals surface area (Å²) in [5, 5.41) is 3.95. The van der Waals surface area contributed by atoms with Crippen molar-refractivity contribution < 1.29 is 18.5 Å². The molecule has 1 amide bonds. The number of carbonyl (C=O) groups excluding carboxylic acids is 2. The van der Waals surface area contributed by atoms with Crippen molar-refractivity contribution in [1.29, 1.82) is 0 Å². The zero-order valence-electron chi connectivity index (χ0n) is 19.1. The molecule has 0 atom stereocenters. The lowest BCUT2D eigenvalue weighted by molar-refractivity contribution is 0.0746. The Morgan fingerprint density at radius 3 is 2.29 bits per heavy atom. The van der Waals surface area contributed by atoms with Gasteiger partial charge in [0.25, 0.3) is 11.8 Å². The first-order valence-electron chi connectivity index (χ1n) is 11.3. The average Bonchev–Trinajstić information content (AvgIpc) is 3.39. The lowest BCUT2D eigenvalue weighted by atomic mass is 10.1. The van der Waals surface area contributed by atoms with Crippen molar-refractivity contribution in [3.8, 4) is 22.8 Å². The van der Waals surface area contributed by atoms with E-state index in [2.05, 4.69) is 15.0 Å². The van der Waals surface area contributed by atoms with Gasteiger partial charge >= 0.3 is 0 Å². The molecule has 1 aromatic heterocycles. The van der Waals surface area contributed by atoms with Gasteiger partial charge in [-0.1, -0.05) is 23.4 Å². The fraction of sp³-hybridized carbons (Fsp3) is 0.185. The Balaban J connectivity index is 1.26. The molecule has 2 heterocycles. The Hall–Kier alpha value is -4.33. The molecular weight excluding hydrogens is 447 g/mol. The lowest BCUT2D eigenvalue weighted by Crippen LogP contribution is -2.48. The Morgan fingerprint density at radius 1 is 0.857 bits per heavy atom. The van der Waals surface area contributed by atoms with E-state index in [1.54, 1.807) is 43.3 Å². The van der Waals surface area contributed by atoms with E-state index in [1.807, 2.05) is 29.2 Å². The highest BCUT2D eigenvalue weighted by molar-refractivity contribution is 5.95. The quantitative estimate of drug-likeness (QED) is 0.393. The summed E-state index contributed by atoms with van der Waals surface area (Å²) in [6.07, 6.45) is 0. The lowest BCUT2D eigenvalue weighted by Gasteiger charge is -2.36. The van der Waals surface area contributed by atoms with Gasteiger partial charge in [-0.15, -0.1) is 0 Å². The van der Waals surface area contributed by atoms with Gasteiger partial charge in [0.2, 0.25) is 5.82 Å². The van der Waals surface area contributed by atoms with Gasteiger partial charge in [0.15, 0.2) is 5.78 Å². The number of hydrogen-bond acceptors (Lipinski definition) is 6. The number of rotatable bonds is 5. The molecule has 1 aliphatic heterocycles. The molecule has 0 N–H and O–H groups in total. The Labute approximate surface area is 201 Å². The third-order valence-electron chi connectivity index (χ3n) is 6.07. The predicted octanol–water partition coefficient (Wildman–Crippen LogP) is 4.71. The number of nitrogens with zero attached hydrogens (tertiary/aromatic N) is 4. The topological polar surface area (TPSA) is 79.5 Å². The normalized spacial score (nSPS) is 13.7. The van der Waals surface area contributed by atoms with Crippen molar-refractivity contribution in [2.75, 3.05) is 31.1 Å². The molecule has 3 aromatic carbocycles. The van der Waals surface area contributed by atoms with Crippen LogP contribution in [0.1, 0.15) is 27.6 Å². The number of amides is 1. The van der Waals surface area contributed by atoms with Crippen LogP contribution in [0.25, 0.3) is 22.8 Å². The summed E-state index contributed by atoms with van der Waals surface area (Å²) in [6.45, 7) is 4.12. The fourth-order valence-electron chi connectivity index (χ4n) is 4.13. The summed E-state index contributed by atoms with van der Waals surface area (Å²) in [5.41, 5.74) is 3.39. The van der Waals surface area contributed by atoms with E-state index in [-0.39, 0.29) is 29.2 Å². The van der Waals surface area contributed by atoms with Crippen molar-refractivity contribution in [2.45, 2.75) is 6.92 Å². The molecule has 176 valence electrons. The highest BCUT2D eigenvalue weighted by Gasteiger charge is 2.23. The van der Waals surface area contributed by atoms with Crippen LogP contribution in [-0.2, 0) is 0 Å². The minimum atomic E-state index is -0.380. The van der Waals surface area contributed by atoms with Gasteiger partial charge < -0.3 is 14.3 Å². The van der Waals surface area contributed by atoms with Gasteiger partial charge in [0, 0.05) is 54.1 Å². The molecule has 1 aliphatic rings. The number of benzene rings is 3. The largest absolute Gasteiger partial charge is 0.368 e. The second kappa shape index (κ2) is 9.50. The monoisotopic (exact) mass is 470 g/mol. The molecular formula is C27H23FN4O3. The van der Waals surface area contributed by atoms with Crippen LogP contribution < -0.4 is 4.90 Å². The number of anilines is 1. The molecule has 0 aliphatic carbocycles. The molecule has 5 rings (SSSR count). The number of ketones is 1. The van der Waals surface area contributed by atoms with Crippen LogP contribution >= 0.6 is 0 Å². The van der Waals surface area contributed by atoms with Gasteiger partial charge in [-0.3, -0.25) is 9.59 Å². The predicted molar refractivity (Wildman–Crippen MR) is 130 cm³/mol. The standard InChI is InChI=1S/C27H23FN4O3/c1-18(33)19-8-10-24(11-9-19)31-12-14-32(15-13-31)27(34)22-6-2-5-21(16-22)26-29-25(30-35-26)20-4-3-7-23(28)17-20/h2-11,16-17H,12-15H2,1H3. The molecule has 8 heteroatoms. The van der Waals surface area contributed by atoms with Crippen molar-refractivity contribution in [3.63, 3.8) is 0 Å². The second-order valence-corrected chi connectivity index (χ2v) is 8.40. The maximum absolute atomic E-state index is 13.5. The minimum absolute atomic E-state index is 0.0416. The summed E-state index contributed by atoms with van der Waals surface area (Å²) < 4.78 is 18.9. The summed E-state index contributed by atoms with van der Waals surface area (Å²) in [5.74, 6) is 0.138. The van der Waals surface area contributed by atoms with E-state index in [4.69, 9.17) is 4.52 Å². The van der Waals surface area contributed by atoms with Crippen molar-refractivity contribution in [3.05, 3.63) is 89.7 Å². The zero-order valence-corrected chi connectivity index (χ0v) is 19.1. The summed E-state index contributed by atoms with van der Waals surface area (Å²) >= 11 is 0. The van der Waals surface area contributed by atoms with Gasteiger partial charge in [0.1, 0.15) is 5.82 Å². The first-order valence-corrected chi connectivity index (χ1v) is 11.3. The maximum atomic E-state index is 13.5. The maximum Gasteiger partial charge on any atom is 0.258 e. The minimum Gasteiger partial charge on any atom is -0.368 e. The van der Waals surface area contributed by atoms with E-state index >= 15 is 0 Å². The van der Waals surface area contributed by atoms with E-state index in [1.165, 1.54) is 12.1 Å². The number of halogens is 1. The summed E-state index contributed by atoms with van der Waals surface area (Å²) in [6, 6.07) is 20.6. The molecule has 1 saturated heterocycles. The van der Waals surface area contributed by atoms with Crippen LogP contribution in [0, 0.1) is 5.82 Å². The van der Waals surface area contributed by atoms with Crippen LogP contribution in [0.4, 0.5) is 10.1 Å². The molecule has 1 fully saturated rings. The van der Waals surface area contributed by atoms with Gasteiger partial charge in [0.05, 0.1) is 0 Å². The average molecular weight is 471 g/mol. The Bertz CT molecular complexity index is 1380. The SMILES string of the molecule is CC(=O)c1ccc(N2CCN(C(=O)c3cccc(-c4nc(-c5cccc(F)c5)no4)c3)CC2)cc1. The van der Waals surface area contributed by atoms with Crippen LogP contribution in [0.3, 0.4) is 0 Å². The van der Waals surface area contributed by atoms with E-state index in [0.29, 0.717) is 48.4 Å². The highest BCUT2D eigenvalue weighted by atomic mass is 19.1. The zero-order chi connectivity index (χ0) is 24.4. The second-order valence-electron chi connectivity index (χ2n) is 8.40. The fourth-order valence-corrected chi connectivity index (χ4v) is 4.13. The molecule has 0 radical (unpaired) electrons. The van der Waals surface area contributed by atoms with Crippen LogP contribution in [0.15, 0.2) is 77.3 Å². The van der Waals surface area contributed by atoms with Crippen molar-refractivity contribution in [1.82, 2.24) is 15.0 Å². The molecule has 4 aromatic rings. The smallest absolute Gasteiger partial charge is 0.258 e. The third-order valence-corrected chi connectivity index (χ3v) is 6.07. The van der Waals surface area contributed by atoms with Crippen LogP contribution in [-0.4, -0.2) is 52.9 Å². The third kappa shape index (κ3) is 4.82. The van der Waals surface area contributed by atoms with E-state index in [9.17, 15) is 14.0 Å². The first-order chi connectivity index (χ1) is 17.0. The molecule has 0 bridgehead atoms. The Morgan fingerprint density at radius 2 is 1.57 bits per heavy atom. The van der Waals surface area contributed by atoms with Crippen molar-refractivity contribution >= 4 is 17.4 Å². The molecule has 0 unspecified atom stereocenters. The summed E-state index contributed by atoms with van der Waals surface area (Å²) in [7, 11) is 0. The number of Topliss-reactive ketones (excluding diaryl/α,β-unsaturated/α-hetero) is 1. The molecule has 7 nitrogen and oxygen atoms in total. The molecule has 0 spiro atoms. The molecule has 35 heavy (non-hydrogen) atoms. The van der Waals surface area contributed by atoms with Crippen molar-refractivity contribution in [2.24, 2.45) is 0 Å². The van der Waals surface area contributed by atoms with Gasteiger partial charge in [-0.2, -0.15) is 4.98 Å². The van der Waals surface area contributed by atoms with Gasteiger partial charge in [-0.25, -0.2) is 4.39 Å². The van der Waals surface area contributed by atoms with E-state index in [0.717, 1.165) is 5.69 Å². The van der Waals surface area contributed by atoms with Crippen LogP contribution in [0.5, 0.6) is 0 Å². The number of piperazine rings is 1. The first kappa shape index (κ1) is 22.5. The Kier molecular flexibility index (Phi) is 6.10. The number of carbonyl (C=O) groups is 2. The number of hydrogen-bond donors (Lipinski definition) is 0. The van der Waals surface area contributed by atoms with E-state index < -0.39 is 0 Å². The van der Waals surface area contributed by atoms with Gasteiger partial charge in [-0.05, 0) is 61.5 Å². The van der Waals surface area contributed by atoms with Crippen LogP contribution in [0.2, 0.25) is 0 Å². The summed E-state index contributed by atoms with van der Waals surface area (Å²) in [4.78, 5) is 33.1. The highest BCUT2D eigenvalue weighted by Crippen LogP contribution is 2.24.